The molecule has 1 aromatic heterocycles. The van der Waals surface area contributed by atoms with Crippen molar-refractivity contribution >= 4 is 29.1 Å². The number of hydrogen-bond donors (Lipinski definition) is 1. The molecule has 0 aromatic carbocycles. The van der Waals surface area contributed by atoms with Crippen LogP contribution in [-0.4, -0.2) is 48.0 Å². The number of nitrogens with one attached hydrogen (secondary N) is 1. The van der Waals surface area contributed by atoms with Gasteiger partial charge in [-0.2, -0.15) is 0 Å². The molecule has 0 spiro atoms. The molecule has 1 aliphatic heterocycles. The lowest BCUT2D eigenvalue weighted by Crippen LogP contribution is -2.45. The molecule has 96 valence electrons. The molecule has 2 rings (SSSR count). The molecule has 2 amide bonds. The van der Waals surface area contributed by atoms with Gasteiger partial charge < -0.3 is 15.0 Å². The minimum Gasteiger partial charge on any atom is -0.378 e. The van der Waals surface area contributed by atoms with Crippen molar-refractivity contribution in [2.75, 3.05) is 31.6 Å². The highest BCUT2D eigenvalue weighted by molar-refractivity contribution is 6.41. The highest BCUT2D eigenvalue weighted by atomic mass is 35.5. The summed E-state index contributed by atoms with van der Waals surface area (Å²) in [5.74, 6) is -1.30. The van der Waals surface area contributed by atoms with Crippen molar-refractivity contribution in [1.29, 1.82) is 0 Å². The van der Waals surface area contributed by atoms with Crippen LogP contribution < -0.4 is 5.32 Å². The van der Waals surface area contributed by atoms with E-state index in [2.05, 4.69) is 10.3 Å². The Morgan fingerprint density at radius 1 is 1.39 bits per heavy atom. The number of rotatable bonds is 1. The van der Waals surface area contributed by atoms with Gasteiger partial charge in [-0.3, -0.25) is 9.59 Å². The molecule has 1 saturated heterocycles. The van der Waals surface area contributed by atoms with Crippen molar-refractivity contribution in [2.24, 2.45) is 0 Å². The molecular weight excluding hydrogens is 258 g/mol. The average Bonchev–Trinajstić information content (AvgIpc) is 2.41. The van der Waals surface area contributed by atoms with Crippen molar-refractivity contribution in [1.82, 2.24) is 9.88 Å². The van der Waals surface area contributed by atoms with E-state index in [4.69, 9.17) is 16.3 Å². The van der Waals surface area contributed by atoms with E-state index < -0.39 is 11.8 Å². The van der Waals surface area contributed by atoms with Gasteiger partial charge in [0.15, 0.2) is 5.15 Å². The van der Waals surface area contributed by atoms with E-state index in [1.165, 1.54) is 11.1 Å². The summed E-state index contributed by atoms with van der Waals surface area (Å²) >= 11 is 5.79. The average molecular weight is 270 g/mol. The Bertz CT molecular complexity index is 461. The van der Waals surface area contributed by atoms with E-state index in [1.54, 1.807) is 12.1 Å². The fourth-order valence-corrected chi connectivity index (χ4v) is 1.73. The van der Waals surface area contributed by atoms with E-state index in [1.807, 2.05) is 0 Å². The maximum absolute atomic E-state index is 11.8. The van der Waals surface area contributed by atoms with Crippen LogP contribution >= 0.6 is 11.6 Å². The Labute approximate surface area is 109 Å². The van der Waals surface area contributed by atoms with Gasteiger partial charge in [-0.25, -0.2) is 4.98 Å². The second-order valence-corrected chi connectivity index (χ2v) is 4.06. The topological polar surface area (TPSA) is 71.5 Å². The minimum absolute atomic E-state index is 0.153. The van der Waals surface area contributed by atoms with Crippen LogP contribution in [0.15, 0.2) is 18.3 Å². The van der Waals surface area contributed by atoms with E-state index in [0.29, 0.717) is 32.0 Å². The van der Waals surface area contributed by atoms with Gasteiger partial charge in [0.1, 0.15) is 0 Å². The first-order chi connectivity index (χ1) is 8.68. The zero-order valence-electron chi connectivity index (χ0n) is 9.56. The molecule has 7 heteroatoms. The second-order valence-electron chi connectivity index (χ2n) is 3.70. The lowest BCUT2D eigenvalue weighted by Gasteiger charge is -2.26. The molecule has 1 N–H and O–H groups in total. The van der Waals surface area contributed by atoms with Gasteiger partial charge in [0.05, 0.1) is 18.9 Å². The third kappa shape index (κ3) is 2.96. The molecule has 0 radical (unpaired) electrons. The van der Waals surface area contributed by atoms with Gasteiger partial charge in [-0.1, -0.05) is 11.6 Å². The molecule has 6 nitrogen and oxygen atoms in total. The lowest BCUT2D eigenvalue weighted by molar-refractivity contribution is -0.145. The molecule has 18 heavy (non-hydrogen) atoms. The van der Waals surface area contributed by atoms with Crippen LogP contribution in [0.25, 0.3) is 0 Å². The Balaban J connectivity index is 1.99. The second kappa shape index (κ2) is 5.79. The third-order valence-corrected chi connectivity index (χ3v) is 2.80. The summed E-state index contributed by atoms with van der Waals surface area (Å²) in [6.07, 6.45) is 1.50. The largest absolute Gasteiger partial charge is 0.378 e. The molecule has 1 aliphatic rings. The zero-order valence-corrected chi connectivity index (χ0v) is 10.3. The van der Waals surface area contributed by atoms with E-state index in [9.17, 15) is 9.59 Å². The molecule has 2 heterocycles. The van der Waals surface area contributed by atoms with Crippen LogP contribution in [0.5, 0.6) is 0 Å². The number of amides is 2. The maximum Gasteiger partial charge on any atom is 0.313 e. The highest BCUT2D eigenvalue weighted by Crippen LogP contribution is 2.17. The summed E-state index contributed by atoms with van der Waals surface area (Å²) in [7, 11) is 0. The number of carbonyl (C=O) groups is 2. The van der Waals surface area contributed by atoms with Crippen molar-refractivity contribution in [3.05, 3.63) is 23.5 Å². The van der Waals surface area contributed by atoms with E-state index >= 15 is 0 Å². The van der Waals surface area contributed by atoms with Crippen molar-refractivity contribution in [2.45, 2.75) is 0 Å². The van der Waals surface area contributed by atoms with Gasteiger partial charge in [0.25, 0.3) is 0 Å². The standard InChI is InChI=1S/C11H12ClN3O3/c12-9-8(2-1-3-13-9)14-10(16)11(17)15-4-6-18-7-5-15/h1-3H,4-7H2,(H,14,16). The monoisotopic (exact) mass is 269 g/mol. The Kier molecular flexibility index (Phi) is 4.11. The highest BCUT2D eigenvalue weighted by Gasteiger charge is 2.24. The van der Waals surface area contributed by atoms with E-state index in [0.717, 1.165) is 0 Å². The molecule has 0 aliphatic carbocycles. The van der Waals surface area contributed by atoms with Gasteiger partial charge >= 0.3 is 11.8 Å². The molecular formula is C11H12ClN3O3. The number of ether oxygens (including phenoxy) is 1. The molecule has 0 unspecified atom stereocenters. The van der Waals surface area contributed by atoms with Gasteiger partial charge in [-0.05, 0) is 12.1 Å². The van der Waals surface area contributed by atoms with Crippen LogP contribution in [-0.2, 0) is 14.3 Å². The molecule has 0 bridgehead atoms. The van der Waals surface area contributed by atoms with Crippen LogP contribution in [0.3, 0.4) is 0 Å². The fourth-order valence-electron chi connectivity index (χ4n) is 1.57. The zero-order chi connectivity index (χ0) is 13.0. The summed E-state index contributed by atoms with van der Waals surface area (Å²) in [5.41, 5.74) is 0.325. The first-order valence-corrected chi connectivity index (χ1v) is 5.85. The predicted octanol–water partition coefficient (Wildman–Crippen LogP) is 0.532. The van der Waals surface area contributed by atoms with Crippen molar-refractivity contribution in [3.63, 3.8) is 0 Å². The SMILES string of the molecule is O=C(Nc1cccnc1Cl)C(=O)N1CCOCC1. The Hall–Kier alpha value is -1.66. The summed E-state index contributed by atoms with van der Waals surface area (Å²) in [6.45, 7) is 1.75. The molecule has 1 fully saturated rings. The number of nitrogens with zero attached hydrogens (tertiary/aromatic N) is 2. The minimum atomic E-state index is -0.716. The molecule has 1 aromatic rings. The molecule has 0 saturated carbocycles. The predicted molar refractivity (Wildman–Crippen MR) is 65.3 cm³/mol. The fraction of sp³-hybridized carbons (Fsp3) is 0.364. The third-order valence-electron chi connectivity index (χ3n) is 2.50. The number of anilines is 1. The van der Waals surface area contributed by atoms with Crippen LogP contribution in [0.2, 0.25) is 5.15 Å². The van der Waals surface area contributed by atoms with Crippen LogP contribution in [0.4, 0.5) is 5.69 Å². The number of carbonyl (C=O) groups excluding carboxylic acids is 2. The number of hydrogen-bond acceptors (Lipinski definition) is 4. The normalized spacial score (nSPS) is 15.3. The maximum atomic E-state index is 11.8. The Morgan fingerprint density at radius 2 is 2.11 bits per heavy atom. The van der Waals surface area contributed by atoms with Gasteiger partial charge in [-0.15, -0.1) is 0 Å². The van der Waals surface area contributed by atoms with E-state index in [-0.39, 0.29) is 5.15 Å². The van der Waals surface area contributed by atoms with Crippen molar-refractivity contribution in [3.8, 4) is 0 Å². The lowest BCUT2D eigenvalue weighted by atomic mass is 10.3. The van der Waals surface area contributed by atoms with Crippen LogP contribution in [0.1, 0.15) is 0 Å². The number of morpholine rings is 1. The number of aromatic nitrogens is 1. The van der Waals surface area contributed by atoms with Gasteiger partial charge in [0.2, 0.25) is 0 Å². The summed E-state index contributed by atoms with van der Waals surface area (Å²) < 4.78 is 5.11. The summed E-state index contributed by atoms with van der Waals surface area (Å²) in [4.78, 5) is 28.8. The van der Waals surface area contributed by atoms with Crippen LogP contribution in [0, 0.1) is 0 Å². The summed E-state index contributed by atoms with van der Waals surface area (Å²) in [6, 6.07) is 3.21. The number of halogens is 1. The first kappa shape index (κ1) is 12.8. The molecule has 0 atom stereocenters. The summed E-state index contributed by atoms with van der Waals surface area (Å²) in [5, 5.41) is 2.60. The first-order valence-electron chi connectivity index (χ1n) is 5.47. The van der Waals surface area contributed by atoms with Crippen molar-refractivity contribution < 1.29 is 14.3 Å². The number of pyridine rings is 1. The quantitative estimate of drug-likeness (QED) is 0.596. The smallest absolute Gasteiger partial charge is 0.313 e. The van der Waals surface area contributed by atoms with Gasteiger partial charge in [0, 0.05) is 19.3 Å². The Morgan fingerprint density at radius 3 is 2.78 bits per heavy atom.